The summed E-state index contributed by atoms with van der Waals surface area (Å²) in [5.74, 6) is -0.997. The number of hydrogen-bond acceptors (Lipinski definition) is 8. The van der Waals surface area contributed by atoms with Crippen LogP contribution in [0.25, 0.3) is 10.4 Å². The molecule has 0 radical (unpaired) electrons. The lowest BCUT2D eigenvalue weighted by molar-refractivity contribution is -0.306. The summed E-state index contributed by atoms with van der Waals surface area (Å²) in [6.07, 6.45) is 0.216. The molecule has 1 aliphatic carbocycles. The van der Waals surface area contributed by atoms with Gasteiger partial charge < -0.3 is 19.9 Å². The van der Waals surface area contributed by atoms with E-state index in [4.69, 9.17) is 9.47 Å². The van der Waals surface area contributed by atoms with Gasteiger partial charge in [-0.05, 0) is 49.1 Å². The zero-order valence-electron chi connectivity index (χ0n) is 20.1. The summed E-state index contributed by atoms with van der Waals surface area (Å²) in [5.41, 5.74) is -0.743. The largest absolute Gasteiger partial charge is 0.433 e. The maximum absolute atomic E-state index is 13.0. The van der Waals surface area contributed by atoms with Gasteiger partial charge in [-0.3, -0.25) is 0 Å². The molecule has 0 amide bonds. The Morgan fingerprint density at radius 1 is 1.08 bits per heavy atom. The maximum Gasteiger partial charge on any atom is 0.433 e. The molecule has 2 aromatic heterocycles. The number of aliphatic hydroxyl groups is 1. The van der Waals surface area contributed by atoms with E-state index in [1.807, 2.05) is 26.8 Å². The minimum atomic E-state index is -4.56. The Balaban J connectivity index is 1.45. The number of aryl methyl sites for hydroxylation is 1. The lowest BCUT2D eigenvalue weighted by Gasteiger charge is -2.54. The summed E-state index contributed by atoms with van der Waals surface area (Å²) in [5, 5.41) is 15.4. The van der Waals surface area contributed by atoms with Crippen molar-refractivity contribution in [1.29, 1.82) is 0 Å². The number of anilines is 2. The third kappa shape index (κ3) is 4.17. The number of nitrogens with zero attached hydrogens (tertiary/aromatic N) is 3. The van der Waals surface area contributed by atoms with Crippen molar-refractivity contribution in [2.45, 2.75) is 57.6 Å². The van der Waals surface area contributed by atoms with E-state index >= 15 is 0 Å². The van der Waals surface area contributed by atoms with E-state index in [1.54, 1.807) is 18.3 Å². The molecular formula is C25H27F3N4O3S. The molecule has 1 aliphatic heterocycles. The highest BCUT2D eigenvalue weighted by molar-refractivity contribution is 7.15. The lowest BCUT2D eigenvalue weighted by atomic mass is 9.61. The van der Waals surface area contributed by atoms with Gasteiger partial charge in [-0.15, -0.1) is 11.3 Å². The van der Waals surface area contributed by atoms with Crippen molar-refractivity contribution >= 4 is 23.0 Å². The van der Waals surface area contributed by atoms with Gasteiger partial charge in [0.15, 0.2) is 5.79 Å². The Hall–Kier alpha value is -2.60. The van der Waals surface area contributed by atoms with Crippen LogP contribution in [-0.2, 0) is 21.3 Å². The average Bonchev–Trinajstić information content (AvgIpc) is 3.49. The van der Waals surface area contributed by atoms with Gasteiger partial charge >= 0.3 is 6.18 Å². The fourth-order valence-electron chi connectivity index (χ4n) is 5.15. The van der Waals surface area contributed by atoms with Crippen LogP contribution in [0.4, 0.5) is 24.8 Å². The first-order valence-electron chi connectivity index (χ1n) is 11.7. The highest BCUT2D eigenvalue weighted by Gasteiger charge is 2.64. The molecule has 2 aliphatic rings. The van der Waals surface area contributed by atoms with Crippen molar-refractivity contribution in [3.05, 3.63) is 52.9 Å². The summed E-state index contributed by atoms with van der Waals surface area (Å²) in [6, 6.07) is 6.38. The Morgan fingerprint density at radius 3 is 2.56 bits per heavy atom. The van der Waals surface area contributed by atoms with Crippen molar-refractivity contribution in [1.82, 2.24) is 15.0 Å². The molecule has 1 saturated heterocycles. The predicted octanol–water partition coefficient (Wildman–Crippen LogP) is 5.81. The molecule has 1 atom stereocenters. The first-order chi connectivity index (χ1) is 16.9. The molecule has 3 heterocycles. The van der Waals surface area contributed by atoms with Gasteiger partial charge in [0, 0.05) is 24.5 Å². The standard InChI is InChI=1S/C25H27F3N4O3S/c1-15-11-16(13-17(12-15)31-21-29-8-5-19(32-21)25(26,27)28)18-14-30-20(36-18)23(33)6-4-7-24(22(23,2)3)34-9-10-35-24/h5,8,11-14,33H,4,6-7,9-10H2,1-3H3,(H,29,31,32). The van der Waals surface area contributed by atoms with Gasteiger partial charge in [-0.1, -0.05) is 19.9 Å². The lowest BCUT2D eigenvalue weighted by Crippen LogP contribution is -2.60. The Kier molecular flexibility index (Phi) is 6.10. The number of rotatable bonds is 4. The number of halogens is 3. The highest BCUT2D eigenvalue weighted by atomic mass is 32.1. The monoisotopic (exact) mass is 520 g/mol. The second-order valence-electron chi connectivity index (χ2n) is 9.79. The van der Waals surface area contributed by atoms with Crippen molar-refractivity contribution in [2.24, 2.45) is 5.41 Å². The normalized spacial score (nSPS) is 23.2. The minimum absolute atomic E-state index is 0.147. The van der Waals surface area contributed by atoms with Gasteiger partial charge in [0.05, 0.1) is 23.5 Å². The van der Waals surface area contributed by atoms with Crippen LogP contribution >= 0.6 is 11.3 Å². The zero-order chi connectivity index (χ0) is 25.8. The third-order valence-electron chi connectivity index (χ3n) is 7.21. The number of aromatic nitrogens is 3. The molecule has 5 rings (SSSR count). The van der Waals surface area contributed by atoms with E-state index in [9.17, 15) is 18.3 Å². The van der Waals surface area contributed by atoms with Crippen molar-refractivity contribution in [3.8, 4) is 10.4 Å². The first kappa shape index (κ1) is 25.1. The number of ether oxygens (including phenoxy) is 2. The number of benzene rings is 1. The minimum Gasteiger partial charge on any atom is -0.382 e. The van der Waals surface area contributed by atoms with E-state index < -0.39 is 28.7 Å². The van der Waals surface area contributed by atoms with Crippen molar-refractivity contribution in [3.63, 3.8) is 0 Å². The average molecular weight is 521 g/mol. The number of nitrogens with one attached hydrogen (secondary N) is 1. The van der Waals surface area contributed by atoms with Crippen LogP contribution < -0.4 is 5.32 Å². The van der Waals surface area contributed by atoms with Crippen LogP contribution in [0.15, 0.2) is 36.7 Å². The molecule has 2 N–H and O–H groups in total. The molecule has 192 valence electrons. The van der Waals surface area contributed by atoms with Crippen LogP contribution in [0, 0.1) is 12.3 Å². The second kappa shape index (κ2) is 8.76. The smallest absolute Gasteiger partial charge is 0.382 e. The quantitative estimate of drug-likeness (QED) is 0.449. The van der Waals surface area contributed by atoms with Crippen molar-refractivity contribution < 1.29 is 27.8 Å². The Bertz CT molecular complexity index is 1270. The molecule has 7 nitrogen and oxygen atoms in total. The van der Waals surface area contributed by atoms with Crippen LogP contribution in [0.1, 0.15) is 49.4 Å². The molecule has 3 aromatic rings. The van der Waals surface area contributed by atoms with Gasteiger partial charge in [0.25, 0.3) is 0 Å². The van der Waals surface area contributed by atoms with E-state index in [0.29, 0.717) is 36.8 Å². The highest BCUT2D eigenvalue weighted by Crippen LogP contribution is 2.59. The predicted molar refractivity (Wildman–Crippen MR) is 129 cm³/mol. The first-order valence-corrected chi connectivity index (χ1v) is 12.5. The Morgan fingerprint density at radius 2 is 1.83 bits per heavy atom. The van der Waals surface area contributed by atoms with Crippen LogP contribution in [0.3, 0.4) is 0 Å². The summed E-state index contributed by atoms with van der Waals surface area (Å²) in [6.45, 7) is 6.80. The van der Waals surface area contributed by atoms with Crippen LogP contribution in [-0.4, -0.2) is 39.1 Å². The van der Waals surface area contributed by atoms with Crippen LogP contribution in [0.2, 0.25) is 0 Å². The van der Waals surface area contributed by atoms with E-state index in [0.717, 1.165) is 34.7 Å². The molecule has 36 heavy (non-hydrogen) atoms. The number of alkyl halides is 3. The maximum atomic E-state index is 13.0. The summed E-state index contributed by atoms with van der Waals surface area (Å²) >= 11 is 1.39. The van der Waals surface area contributed by atoms with Gasteiger partial charge in [0.2, 0.25) is 5.95 Å². The van der Waals surface area contributed by atoms with Gasteiger partial charge in [-0.25, -0.2) is 15.0 Å². The van der Waals surface area contributed by atoms with E-state index in [2.05, 4.69) is 20.3 Å². The molecule has 1 saturated carbocycles. The zero-order valence-corrected chi connectivity index (χ0v) is 21.0. The fraction of sp³-hybridized carbons (Fsp3) is 0.480. The van der Waals surface area contributed by atoms with Crippen LogP contribution in [0.5, 0.6) is 0 Å². The molecule has 2 fully saturated rings. The fourth-order valence-corrected chi connectivity index (χ4v) is 6.33. The topological polar surface area (TPSA) is 89.4 Å². The summed E-state index contributed by atoms with van der Waals surface area (Å²) < 4.78 is 51.2. The van der Waals surface area contributed by atoms with Gasteiger partial charge in [-0.2, -0.15) is 13.2 Å². The second-order valence-corrected chi connectivity index (χ2v) is 10.8. The molecule has 0 bridgehead atoms. The number of thiazole rings is 1. The molecular weight excluding hydrogens is 493 g/mol. The number of hydrogen-bond donors (Lipinski definition) is 2. The van der Waals surface area contributed by atoms with Crippen molar-refractivity contribution in [2.75, 3.05) is 18.5 Å². The molecule has 1 aromatic carbocycles. The van der Waals surface area contributed by atoms with E-state index in [1.165, 1.54) is 11.3 Å². The summed E-state index contributed by atoms with van der Waals surface area (Å²) in [7, 11) is 0. The SMILES string of the molecule is Cc1cc(Nc2nccc(C(F)(F)F)n2)cc(-c2cnc(C3(O)CCCC4(OCCO4)C3(C)C)s2)c1. The Labute approximate surface area is 210 Å². The molecule has 1 spiro atoms. The molecule has 1 unspecified atom stereocenters. The molecule has 11 heteroatoms. The van der Waals surface area contributed by atoms with E-state index in [-0.39, 0.29) is 5.95 Å². The summed E-state index contributed by atoms with van der Waals surface area (Å²) in [4.78, 5) is 12.9. The van der Waals surface area contributed by atoms with Gasteiger partial charge in [0.1, 0.15) is 16.3 Å². The third-order valence-corrected chi connectivity index (χ3v) is 8.41.